The Morgan fingerprint density at radius 2 is 1.95 bits per heavy atom. The van der Waals surface area contributed by atoms with Crippen molar-refractivity contribution < 1.29 is 0 Å². The highest BCUT2D eigenvalue weighted by Crippen LogP contribution is 2.18. The molecule has 3 heterocycles. The molecule has 21 heavy (non-hydrogen) atoms. The highest BCUT2D eigenvalue weighted by Gasteiger charge is 2.15. The van der Waals surface area contributed by atoms with E-state index in [4.69, 9.17) is 11.6 Å². The van der Waals surface area contributed by atoms with Gasteiger partial charge in [-0.2, -0.15) is 15.0 Å². The molecule has 1 aliphatic heterocycles. The lowest BCUT2D eigenvalue weighted by Gasteiger charge is -2.26. The van der Waals surface area contributed by atoms with E-state index in [0.29, 0.717) is 18.4 Å². The molecular formula is C14H17ClN6. The fourth-order valence-electron chi connectivity index (χ4n) is 2.33. The molecule has 0 bridgehead atoms. The minimum absolute atomic E-state index is 0.217. The van der Waals surface area contributed by atoms with Gasteiger partial charge in [-0.05, 0) is 43.0 Å². The van der Waals surface area contributed by atoms with Gasteiger partial charge in [-0.3, -0.25) is 4.98 Å². The minimum Gasteiger partial charge on any atom is -0.348 e. The van der Waals surface area contributed by atoms with Crippen molar-refractivity contribution in [2.75, 3.05) is 23.3 Å². The monoisotopic (exact) mass is 304 g/mol. The molecule has 0 aliphatic carbocycles. The van der Waals surface area contributed by atoms with Crippen LogP contribution in [0, 0.1) is 0 Å². The molecule has 6 nitrogen and oxygen atoms in total. The average Bonchev–Trinajstić information content (AvgIpc) is 2.54. The van der Waals surface area contributed by atoms with Crippen LogP contribution in [0.5, 0.6) is 0 Å². The van der Waals surface area contributed by atoms with E-state index in [1.807, 2.05) is 18.2 Å². The van der Waals surface area contributed by atoms with E-state index < -0.39 is 0 Å². The van der Waals surface area contributed by atoms with E-state index in [1.54, 1.807) is 6.20 Å². The van der Waals surface area contributed by atoms with E-state index in [-0.39, 0.29) is 5.28 Å². The van der Waals surface area contributed by atoms with Gasteiger partial charge < -0.3 is 10.2 Å². The molecule has 3 rings (SSSR count). The van der Waals surface area contributed by atoms with Gasteiger partial charge in [0.25, 0.3) is 0 Å². The van der Waals surface area contributed by atoms with E-state index in [0.717, 1.165) is 18.8 Å². The summed E-state index contributed by atoms with van der Waals surface area (Å²) >= 11 is 6.01. The molecule has 0 unspecified atom stereocenters. The van der Waals surface area contributed by atoms with Gasteiger partial charge in [-0.25, -0.2) is 0 Å². The quantitative estimate of drug-likeness (QED) is 0.936. The van der Waals surface area contributed by atoms with Crippen molar-refractivity contribution in [3.63, 3.8) is 0 Å². The third-order valence-corrected chi connectivity index (χ3v) is 3.56. The Bertz CT molecular complexity index is 585. The molecule has 1 N–H and O–H groups in total. The molecule has 0 saturated carbocycles. The van der Waals surface area contributed by atoms with Crippen molar-refractivity contribution in [1.82, 2.24) is 19.9 Å². The average molecular weight is 305 g/mol. The summed E-state index contributed by atoms with van der Waals surface area (Å²) in [6, 6.07) is 5.78. The zero-order chi connectivity index (χ0) is 14.5. The third-order valence-electron chi connectivity index (χ3n) is 3.39. The Labute approximate surface area is 128 Å². The maximum atomic E-state index is 6.01. The zero-order valence-corrected chi connectivity index (χ0v) is 12.4. The lowest BCUT2D eigenvalue weighted by atomic mass is 10.1. The standard InChI is InChI=1S/C14H17ClN6/c15-12-18-13(17-10-11-6-2-3-7-16-11)20-14(19-12)21-8-4-1-5-9-21/h2-3,6-7H,1,4-5,8-10H2,(H,17,18,19,20). The topological polar surface area (TPSA) is 66.8 Å². The Morgan fingerprint density at radius 1 is 1.10 bits per heavy atom. The van der Waals surface area contributed by atoms with Crippen molar-refractivity contribution in [2.24, 2.45) is 0 Å². The van der Waals surface area contributed by atoms with Crippen LogP contribution in [-0.2, 0) is 6.54 Å². The lowest BCUT2D eigenvalue weighted by molar-refractivity contribution is 0.567. The molecule has 1 fully saturated rings. The highest BCUT2D eigenvalue weighted by molar-refractivity contribution is 6.28. The maximum Gasteiger partial charge on any atom is 0.231 e. The SMILES string of the molecule is Clc1nc(NCc2ccccn2)nc(N2CCCCC2)n1. The Hall–Kier alpha value is -1.95. The number of pyridine rings is 1. The van der Waals surface area contributed by atoms with Crippen LogP contribution in [-0.4, -0.2) is 33.0 Å². The number of hydrogen-bond donors (Lipinski definition) is 1. The molecule has 1 aliphatic rings. The van der Waals surface area contributed by atoms with Gasteiger partial charge in [-0.1, -0.05) is 6.07 Å². The number of aromatic nitrogens is 4. The summed E-state index contributed by atoms with van der Waals surface area (Å²) in [5.74, 6) is 1.14. The number of anilines is 2. The summed E-state index contributed by atoms with van der Waals surface area (Å²) in [7, 11) is 0. The van der Waals surface area contributed by atoms with Crippen LogP contribution in [0.15, 0.2) is 24.4 Å². The Morgan fingerprint density at radius 3 is 2.71 bits per heavy atom. The first-order chi connectivity index (χ1) is 10.3. The number of piperidine rings is 1. The first-order valence-corrected chi connectivity index (χ1v) is 7.49. The van der Waals surface area contributed by atoms with Crippen LogP contribution < -0.4 is 10.2 Å². The van der Waals surface area contributed by atoms with E-state index in [9.17, 15) is 0 Å². The predicted octanol–water partition coefficient (Wildman–Crippen LogP) is 2.52. The van der Waals surface area contributed by atoms with Gasteiger partial charge in [0.15, 0.2) is 0 Å². The molecule has 0 aromatic carbocycles. The van der Waals surface area contributed by atoms with Crippen molar-refractivity contribution in [2.45, 2.75) is 25.8 Å². The second kappa shape index (κ2) is 6.67. The summed E-state index contributed by atoms with van der Waals surface area (Å²) < 4.78 is 0. The zero-order valence-electron chi connectivity index (χ0n) is 11.7. The van der Waals surface area contributed by atoms with Crippen LogP contribution in [0.1, 0.15) is 25.0 Å². The fraction of sp³-hybridized carbons (Fsp3) is 0.429. The summed E-state index contributed by atoms with van der Waals surface area (Å²) in [5, 5.41) is 3.36. The molecule has 0 radical (unpaired) electrons. The van der Waals surface area contributed by atoms with E-state index in [2.05, 4.69) is 30.2 Å². The second-order valence-corrected chi connectivity index (χ2v) is 5.29. The first-order valence-electron chi connectivity index (χ1n) is 7.11. The lowest BCUT2D eigenvalue weighted by Crippen LogP contribution is -2.31. The van der Waals surface area contributed by atoms with Gasteiger partial charge in [0.05, 0.1) is 12.2 Å². The molecule has 7 heteroatoms. The molecule has 0 atom stereocenters. The van der Waals surface area contributed by atoms with E-state index in [1.165, 1.54) is 19.3 Å². The van der Waals surface area contributed by atoms with Crippen LogP contribution in [0.4, 0.5) is 11.9 Å². The Balaban J connectivity index is 1.71. The summed E-state index contributed by atoms with van der Waals surface area (Å²) in [4.78, 5) is 19.2. The first kappa shape index (κ1) is 14.0. The van der Waals surface area contributed by atoms with Crippen molar-refractivity contribution in [3.05, 3.63) is 35.4 Å². The van der Waals surface area contributed by atoms with E-state index >= 15 is 0 Å². The molecule has 2 aromatic heterocycles. The number of hydrogen-bond acceptors (Lipinski definition) is 6. The van der Waals surface area contributed by atoms with Gasteiger partial charge in [0.1, 0.15) is 0 Å². The number of halogens is 1. The molecule has 2 aromatic rings. The normalized spacial score (nSPS) is 15.0. The predicted molar refractivity (Wildman–Crippen MR) is 82.5 cm³/mol. The molecule has 1 saturated heterocycles. The largest absolute Gasteiger partial charge is 0.348 e. The molecule has 110 valence electrons. The number of nitrogens with one attached hydrogen (secondary N) is 1. The summed E-state index contributed by atoms with van der Waals surface area (Å²) in [6.45, 7) is 2.50. The van der Waals surface area contributed by atoms with Crippen molar-refractivity contribution in [1.29, 1.82) is 0 Å². The third kappa shape index (κ3) is 3.78. The number of nitrogens with zero attached hydrogens (tertiary/aromatic N) is 5. The van der Waals surface area contributed by atoms with Crippen LogP contribution in [0.3, 0.4) is 0 Å². The van der Waals surface area contributed by atoms with Gasteiger partial charge >= 0.3 is 0 Å². The fourth-order valence-corrected chi connectivity index (χ4v) is 2.48. The van der Waals surface area contributed by atoms with Crippen LogP contribution in [0.2, 0.25) is 5.28 Å². The van der Waals surface area contributed by atoms with Crippen LogP contribution in [0.25, 0.3) is 0 Å². The highest BCUT2D eigenvalue weighted by atomic mass is 35.5. The molecule has 0 amide bonds. The second-order valence-electron chi connectivity index (χ2n) is 4.95. The van der Waals surface area contributed by atoms with Gasteiger partial charge in [-0.15, -0.1) is 0 Å². The van der Waals surface area contributed by atoms with Crippen molar-refractivity contribution >= 4 is 23.5 Å². The van der Waals surface area contributed by atoms with Crippen molar-refractivity contribution in [3.8, 4) is 0 Å². The molecule has 0 spiro atoms. The Kier molecular flexibility index (Phi) is 4.45. The smallest absolute Gasteiger partial charge is 0.231 e. The number of rotatable bonds is 4. The summed E-state index contributed by atoms with van der Waals surface area (Å²) in [6.07, 6.45) is 5.36. The van der Waals surface area contributed by atoms with Gasteiger partial charge in [0, 0.05) is 19.3 Å². The minimum atomic E-state index is 0.217. The summed E-state index contributed by atoms with van der Waals surface area (Å²) in [5.41, 5.74) is 0.925. The maximum absolute atomic E-state index is 6.01. The molecular weight excluding hydrogens is 288 g/mol. The van der Waals surface area contributed by atoms with Gasteiger partial charge in [0.2, 0.25) is 17.2 Å². The van der Waals surface area contributed by atoms with Crippen LogP contribution >= 0.6 is 11.6 Å².